The summed E-state index contributed by atoms with van der Waals surface area (Å²) in [6.45, 7) is 6.44. The number of Topliss-reactive ketones (excluding diaryl/α,β-unsaturated/α-hetero) is 1. The smallest absolute Gasteiger partial charge is 0.140 e. The zero-order valence-corrected chi connectivity index (χ0v) is 9.96. The quantitative estimate of drug-likeness (QED) is 0.755. The van der Waals surface area contributed by atoms with E-state index in [9.17, 15) is 4.79 Å². The van der Waals surface area contributed by atoms with Crippen LogP contribution in [0.1, 0.15) is 39.5 Å². The van der Waals surface area contributed by atoms with E-state index >= 15 is 0 Å². The van der Waals surface area contributed by atoms with Crippen molar-refractivity contribution in [2.75, 3.05) is 13.1 Å². The molecule has 1 aliphatic heterocycles. The number of hydrogen-bond acceptors (Lipinski definition) is 2. The van der Waals surface area contributed by atoms with Gasteiger partial charge in [-0.25, -0.2) is 0 Å². The second-order valence-corrected chi connectivity index (χ2v) is 5.61. The highest BCUT2D eigenvalue weighted by atomic mass is 16.1. The normalized spacial score (nSPS) is 41.7. The Hall–Kier alpha value is -0.370. The van der Waals surface area contributed by atoms with Gasteiger partial charge >= 0.3 is 0 Å². The van der Waals surface area contributed by atoms with Gasteiger partial charge in [-0.05, 0) is 31.2 Å². The number of hydrogen-bond donors (Lipinski definition) is 1. The fourth-order valence-electron chi connectivity index (χ4n) is 3.19. The summed E-state index contributed by atoms with van der Waals surface area (Å²) >= 11 is 0. The predicted molar refractivity (Wildman–Crippen MR) is 61.7 cm³/mol. The summed E-state index contributed by atoms with van der Waals surface area (Å²) in [5.41, 5.74) is 0. The molecule has 15 heavy (non-hydrogen) atoms. The third kappa shape index (κ3) is 2.41. The Bertz CT molecular complexity index is 239. The molecule has 2 fully saturated rings. The zero-order valence-electron chi connectivity index (χ0n) is 9.96. The van der Waals surface area contributed by atoms with Crippen LogP contribution in [0.15, 0.2) is 0 Å². The molecule has 1 saturated heterocycles. The Morgan fingerprint density at radius 3 is 2.60 bits per heavy atom. The highest BCUT2D eigenvalue weighted by Crippen LogP contribution is 2.33. The molecule has 0 amide bonds. The summed E-state index contributed by atoms with van der Waals surface area (Å²) in [4.78, 5) is 12.3. The summed E-state index contributed by atoms with van der Waals surface area (Å²) in [6, 6.07) is 0. The summed E-state index contributed by atoms with van der Waals surface area (Å²) in [7, 11) is 0. The molecule has 1 aliphatic carbocycles. The van der Waals surface area contributed by atoms with Crippen LogP contribution in [0, 0.1) is 23.7 Å². The van der Waals surface area contributed by atoms with Crippen LogP contribution >= 0.6 is 0 Å². The molecule has 4 atom stereocenters. The van der Waals surface area contributed by atoms with Crippen molar-refractivity contribution in [1.82, 2.24) is 5.32 Å². The Morgan fingerprint density at radius 2 is 2.00 bits per heavy atom. The van der Waals surface area contributed by atoms with Gasteiger partial charge in [0.15, 0.2) is 0 Å². The maximum atomic E-state index is 12.3. The molecule has 2 heteroatoms. The summed E-state index contributed by atoms with van der Waals surface area (Å²) in [5, 5.41) is 3.33. The molecule has 2 nitrogen and oxygen atoms in total. The number of ketones is 1. The lowest BCUT2D eigenvalue weighted by Crippen LogP contribution is -2.31. The number of carbonyl (C=O) groups is 1. The molecular weight excluding hydrogens is 186 g/mol. The Morgan fingerprint density at radius 1 is 1.20 bits per heavy atom. The second-order valence-electron chi connectivity index (χ2n) is 5.61. The highest BCUT2D eigenvalue weighted by Gasteiger charge is 2.35. The molecule has 4 unspecified atom stereocenters. The van der Waals surface area contributed by atoms with Gasteiger partial charge in [0, 0.05) is 18.4 Å². The van der Waals surface area contributed by atoms with Gasteiger partial charge in [0.2, 0.25) is 0 Å². The summed E-state index contributed by atoms with van der Waals surface area (Å²) < 4.78 is 0. The van der Waals surface area contributed by atoms with Crippen LogP contribution in [-0.4, -0.2) is 18.9 Å². The lowest BCUT2D eigenvalue weighted by atomic mass is 9.75. The first-order valence-electron chi connectivity index (χ1n) is 6.43. The fourth-order valence-corrected chi connectivity index (χ4v) is 3.19. The van der Waals surface area contributed by atoms with Crippen molar-refractivity contribution >= 4 is 5.78 Å². The molecule has 2 rings (SSSR count). The van der Waals surface area contributed by atoms with E-state index in [1.54, 1.807) is 0 Å². The van der Waals surface area contributed by atoms with E-state index in [1.165, 1.54) is 12.8 Å². The maximum absolute atomic E-state index is 12.3. The minimum atomic E-state index is 0.306. The molecule has 0 aromatic heterocycles. The largest absolute Gasteiger partial charge is 0.316 e. The Kier molecular flexibility index (Phi) is 3.45. The van der Waals surface area contributed by atoms with E-state index in [0.717, 1.165) is 31.8 Å². The topological polar surface area (TPSA) is 29.1 Å². The van der Waals surface area contributed by atoms with Gasteiger partial charge in [0.1, 0.15) is 5.78 Å². The van der Waals surface area contributed by atoms with Crippen molar-refractivity contribution in [3.63, 3.8) is 0 Å². The third-order valence-corrected chi connectivity index (χ3v) is 4.22. The average molecular weight is 209 g/mol. The van der Waals surface area contributed by atoms with Gasteiger partial charge in [-0.1, -0.05) is 26.7 Å². The predicted octanol–water partition coefficient (Wildman–Crippen LogP) is 2.24. The average Bonchev–Trinajstić information content (AvgIpc) is 2.63. The standard InChI is InChI=1S/C13H23NO/c1-9-4-3-5-11(6-9)13(15)12-8-14-7-10(12)2/h9-12,14H,3-8H2,1-2H3. The molecule has 1 N–H and O–H groups in total. The van der Waals surface area contributed by atoms with Crippen LogP contribution in [0.3, 0.4) is 0 Å². The zero-order chi connectivity index (χ0) is 10.8. The van der Waals surface area contributed by atoms with Gasteiger partial charge in [0.25, 0.3) is 0 Å². The van der Waals surface area contributed by atoms with Gasteiger partial charge in [-0.2, -0.15) is 0 Å². The van der Waals surface area contributed by atoms with E-state index in [2.05, 4.69) is 19.2 Å². The van der Waals surface area contributed by atoms with E-state index in [0.29, 0.717) is 23.5 Å². The first-order valence-corrected chi connectivity index (χ1v) is 6.43. The van der Waals surface area contributed by atoms with Gasteiger partial charge in [-0.3, -0.25) is 4.79 Å². The van der Waals surface area contributed by atoms with Crippen molar-refractivity contribution in [2.24, 2.45) is 23.7 Å². The van der Waals surface area contributed by atoms with E-state index in [1.807, 2.05) is 0 Å². The Balaban J connectivity index is 1.94. The molecule has 1 heterocycles. The monoisotopic (exact) mass is 209 g/mol. The number of carbonyl (C=O) groups excluding carboxylic acids is 1. The summed E-state index contributed by atoms with van der Waals surface area (Å²) in [5.74, 6) is 2.55. The van der Waals surface area contributed by atoms with Crippen LogP contribution in [-0.2, 0) is 4.79 Å². The van der Waals surface area contributed by atoms with Crippen LogP contribution in [0.5, 0.6) is 0 Å². The lowest BCUT2D eigenvalue weighted by molar-refractivity contribution is -0.128. The molecule has 86 valence electrons. The first kappa shape index (κ1) is 11.1. The number of rotatable bonds is 2. The van der Waals surface area contributed by atoms with Crippen molar-refractivity contribution in [1.29, 1.82) is 0 Å². The molecule has 2 aliphatic rings. The van der Waals surface area contributed by atoms with E-state index in [-0.39, 0.29) is 0 Å². The van der Waals surface area contributed by atoms with Crippen LogP contribution < -0.4 is 5.32 Å². The minimum Gasteiger partial charge on any atom is -0.316 e. The van der Waals surface area contributed by atoms with Crippen molar-refractivity contribution in [2.45, 2.75) is 39.5 Å². The van der Waals surface area contributed by atoms with Gasteiger partial charge < -0.3 is 5.32 Å². The molecular formula is C13H23NO. The molecule has 0 bridgehead atoms. The van der Waals surface area contributed by atoms with Crippen molar-refractivity contribution in [3.05, 3.63) is 0 Å². The molecule has 0 aromatic carbocycles. The van der Waals surface area contributed by atoms with Crippen LogP contribution in [0.25, 0.3) is 0 Å². The Labute approximate surface area is 92.8 Å². The number of nitrogens with one attached hydrogen (secondary N) is 1. The van der Waals surface area contributed by atoms with Crippen LogP contribution in [0.4, 0.5) is 0 Å². The van der Waals surface area contributed by atoms with Gasteiger partial charge in [-0.15, -0.1) is 0 Å². The van der Waals surface area contributed by atoms with Crippen molar-refractivity contribution in [3.8, 4) is 0 Å². The van der Waals surface area contributed by atoms with E-state index in [4.69, 9.17) is 0 Å². The molecule has 0 aromatic rings. The first-order chi connectivity index (χ1) is 7.18. The molecule has 1 saturated carbocycles. The summed E-state index contributed by atoms with van der Waals surface area (Å²) in [6.07, 6.45) is 4.86. The lowest BCUT2D eigenvalue weighted by Gasteiger charge is -2.28. The van der Waals surface area contributed by atoms with Gasteiger partial charge in [0.05, 0.1) is 0 Å². The SMILES string of the molecule is CC1CCCC(C(=O)C2CNCC2C)C1. The molecule has 0 radical (unpaired) electrons. The highest BCUT2D eigenvalue weighted by molar-refractivity contribution is 5.84. The fraction of sp³-hybridized carbons (Fsp3) is 0.923. The minimum absolute atomic E-state index is 0.306. The van der Waals surface area contributed by atoms with Crippen LogP contribution in [0.2, 0.25) is 0 Å². The van der Waals surface area contributed by atoms with E-state index < -0.39 is 0 Å². The third-order valence-electron chi connectivity index (χ3n) is 4.22. The molecule has 0 spiro atoms. The maximum Gasteiger partial charge on any atom is 0.140 e. The second kappa shape index (κ2) is 4.65. The van der Waals surface area contributed by atoms with Crippen molar-refractivity contribution < 1.29 is 4.79 Å².